The Hall–Kier alpha value is -0.990. The molecular weight excluding hydrogens is 242 g/mol. The van der Waals surface area contributed by atoms with E-state index in [1.165, 1.54) is 0 Å². The summed E-state index contributed by atoms with van der Waals surface area (Å²) in [6.45, 7) is 4.29. The summed E-state index contributed by atoms with van der Waals surface area (Å²) in [6.07, 6.45) is 4.05. The fourth-order valence-electron chi connectivity index (χ4n) is 1.28. The zero-order chi connectivity index (χ0) is 12.6. The van der Waals surface area contributed by atoms with E-state index in [1.807, 2.05) is 6.92 Å². The Morgan fingerprint density at radius 2 is 2.18 bits per heavy atom. The average Bonchev–Trinajstić information content (AvgIpc) is 2.77. The molecule has 0 spiro atoms. The topological polar surface area (TPSA) is 88.9 Å². The predicted molar refractivity (Wildman–Crippen MR) is 65.0 cm³/mol. The van der Waals surface area contributed by atoms with Crippen molar-refractivity contribution >= 4 is 10.0 Å². The van der Waals surface area contributed by atoms with Crippen LogP contribution in [0.5, 0.6) is 0 Å². The van der Waals surface area contributed by atoms with E-state index in [0.717, 1.165) is 6.54 Å². The molecule has 0 aliphatic heterocycles. The summed E-state index contributed by atoms with van der Waals surface area (Å²) in [4.78, 5) is 0. The highest BCUT2D eigenvalue weighted by atomic mass is 32.2. The van der Waals surface area contributed by atoms with Crippen LogP contribution in [0.3, 0.4) is 0 Å². The van der Waals surface area contributed by atoms with E-state index in [2.05, 4.69) is 20.4 Å². The van der Waals surface area contributed by atoms with E-state index in [4.69, 9.17) is 0 Å². The molecule has 17 heavy (non-hydrogen) atoms. The highest BCUT2D eigenvalue weighted by Crippen LogP contribution is 1.88. The van der Waals surface area contributed by atoms with Gasteiger partial charge in [-0.25, -0.2) is 13.1 Å². The first-order valence-electron chi connectivity index (χ1n) is 5.66. The largest absolute Gasteiger partial charge is 0.316 e. The third-order valence-electron chi connectivity index (χ3n) is 2.16. The van der Waals surface area contributed by atoms with Gasteiger partial charge in [-0.05, 0) is 13.0 Å². The quantitative estimate of drug-likeness (QED) is 0.568. The van der Waals surface area contributed by atoms with E-state index < -0.39 is 10.0 Å². The van der Waals surface area contributed by atoms with E-state index in [0.29, 0.717) is 26.1 Å². The molecule has 7 nitrogen and oxygen atoms in total. The molecule has 0 saturated heterocycles. The molecule has 1 aromatic heterocycles. The lowest BCUT2D eigenvalue weighted by Gasteiger charge is -2.06. The number of sulfonamides is 1. The number of rotatable bonds is 9. The van der Waals surface area contributed by atoms with Crippen molar-refractivity contribution in [2.24, 2.45) is 0 Å². The monoisotopic (exact) mass is 261 g/mol. The average molecular weight is 261 g/mol. The Balaban J connectivity index is 2.12. The molecule has 8 heteroatoms. The second-order valence-electron chi connectivity index (χ2n) is 3.59. The van der Waals surface area contributed by atoms with Gasteiger partial charge < -0.3 is 5.32 Å². The van der Waals surface area contributed by atoms with Crippen LogP contribution in [0.15, 0.2) is 12.4 Å². The normalized spacial score (nSPS) is 11.8. The Morgan fingerprint density at radius 1 is 1.35 bits per heavy atom. The van der Waals surface area contributed by atoms with Gasteiger partial charge in [-0.15, -0.1) is 5.10 Å². The molecule has 0 bridgehead atoms. The van der Waals surface area contributed by atoms with Gasteiger partial charge in [0.1, 0.15) is 0 Å². The van der Waals surface area contributed by atoms with Crippen LogP contribution in [0.4, 0.5) is 0 Å². The lowest BCUT2D eigenvalue weighted by Crippen LogP contribution is -2.32. The van der Waals surface area contributed by atoms with Gasteiger partial charge in [-0.1, -0.05) is 12.1 Å². The molecule has 0 aliphatic carbocycles. The maximum absolute atomic E-state index is 11.5. The molecule has 1 rings (SSSR count). The minimum atomic E-state index is -3.15. The fourth-order valence-corrected chi connectivity index (χ4v) is 2.29. The van der Waals surface area contributed by atoms with Crippen LogP contribution in [-0.4, -0.2) is 48.8 Å². The van der Waals surface area contributed by atoms with Crippen molar-refractivity contribution in [2.75, 3.05) is 25.4 Å². The molecule has 1 aromatic rings. The van der Waals surface area contributed by atoms with Crippen molar-refractivity contribution < 1.29 is 8.42 Å². The summed E-state index contributed by atoms with van der Waals surface area (Å²) in [6, 6.07) is 0. The van der Waals surface area contributed by atoms with Crippen molar-refractivity contribution in [2.45, 2.75) is 19.9 Å². The van der Waals surface area contributed by atoms with Crippen molar-refractivity contribution in [3.63, 3.8) is 0 Å². The van der Waals surface area contributed by atoms with Gasteiger partial charge in [0.05, 0.1) is 11.9 Å². The third kappa shape index (κ3) is 6.35. The van der Waals surface area contributed by atoms with Crippen LogP contribution in [-0.2, 0) is 16.6 Å². The molecule has 1 heterocycles. The molecule has 0 aliphatic rings. The summed E-state index contributed by atoms with van der Waals surface area (Å²) in [5.74, 6) is 0.115. The van der Waals surface area contributed by atoms with Gasteiger partial charge in [0.25, 0.3) is 0 Å². The Bertz CT molecular complexity index is 390. The summed E-state index contributed by atoms with van der Waals surface area (Å²) < 4.78 is 27.2. The lowest BCUT2D eigenvalue weighted by molar-refractivity contribution is 0.541. The first kappa shape index (κ1) is 14.1. The minimum Gasteiger partial charge on any atom is -0.316 e. The second kappa shape index (κ2) is 7.36. The zero-order valence-corrected chi connectivity index (χ0v) is 10.8. The SMILES string of the molecule is CCNCCS(=O)(=O)NCCCn1ccnn1. The standard InChI is InChI=1S/C9H19N5O2S/c1-2-10-6-9-17(15,16)12-4-3-7-14-8-5-11-13-14/h5,8,10,12H,2-4,6-7,9H2,1H3. The Morgan fingerprint density at radius 3 is 2.82 bits per heavy atom. The summed E-state index contributed by atoms with van der Waals surface area (Å²) in [5.41, 5.74) is 0. The Kier molecular flexibility index (Phi) is 6.09. The fraction of sp³-hybridized carbons (Fsp3) is 0.778. The van der Waals surface area contributed by atoms with E-state index >= 15 is 0 Å². The lowest BCUT2D eigenvalue weighted by atomic mass is 10.4. The highest BCUT2D eigenvalue weighted by Gasteiger charge is 2.08. The summed E-state index contributed by atoms with van der Waals surface area (Å²) in [7, 11) is -3.15. The smallest absolute Gasteiger partial charge is 0.212 e. The third-order valence-corrected chi connectivity index (χ3v) is 3.54. The highest BCUT2D eigenvalue weighted by molar-refractivity contribution is 7.89. The van der Waals surface area contributed by atoms with E-state index in [-0.39, 0.29) is 5.75 Å². The van der Waals surface area contributed by atoms with Crippen LogP contribution in [0.1, 0.15) is 13.3 Å². The molecular formula is C9H19N5O2S. The zero-order valence-electron chi connectivity index (χ0n) is 9.96. The first-order valence-corrected chi connectivity index (χ1v) is 7.31. The number of nitrogens with zero attached hydrogens (tertiary/aromatic N) is 3. The second-order valence-corrected chi connectivity index (χ2v) is 5.51. The number of nitrogens with one attached hydrogen (secondary N) is 2. The molecule has 0 radical (unpaired) electrons. The number of hydrogen-bond acceptors (Lipinski definition) is 5. The molecule has 98 valence electrons. The maximum Gasteiger partial charge on any atom is 0.212 e. The first-order chi connectivity index (χ1) is 8.14. The van der Waals surface area contributed by atoms with Crippen LogP contribution in [0, 0.1) is 0 Å². The van der Waals surface area contributed by atoms with Gasteiger partial charge >= 0.3 is 0 Å². The van der Waals surface area contributed by atoms with Gasteiger partial charge in [-0.2, -0.15) is 0 Å². The van der Waals surface area contributed by atoms with Gasteiger partial charge in [0.15, 0.2) is 0 Å². The molecule has 0 saturated carbocycles. The number of aryl methyl sites for hydroxylation is 1. The van der Waals surface area contributed by atoms with Crippen LogP contribution >= 0.6 is 0 Å². The summed E-state index contributed by atoms with van der Waals surface area (Å²) >= 11 is 0. The molecule has 0 amide bonds. The molecule has 0 aromatic carbocycles. The summed E-state index contributed by atoms with van der Waals surface area (Å²) in [5, 5.41) is 10.4. The molecule has 2 N–H and O–H groups in total. The number of aromatic nitrogens is 3. The minimum absolute atomic E-state index is 0.115. The van der Waals surface area contributed by atoms with Crippen LogP contribution in [0.2, 0.25) is 0 Å². The van der Waals surface area contributed by atoms with Crippen LogP contribution < -0.4 is 10.0 Å². The predicted octanol–water partition coefficient (Wildman–Crippen LogP) is -0.803. The maximum atomic E-state index is 11.5. The van der Waals surface area contributed by atoms with Gasteiger partial charge in [0, 0.05) is 25.8 Å². The molecule has 0 unspecified atom stereocenters. The van der Waals surface area contributed by atoms with Gasteiger partial charge in [-0.3, -0.25) is 4.68 Å². The molecule has 0 atom stereocenters. The van der Waals surface area contributed by atoms with Crippen molar-refractivity contribution in [3.8, 4) is 0 Å². The van der Waals surface area contributed by atoms with Crippen molar-refractivity contribution in [3.05, 3.63) is 12.4 Å². The van der Waals surface area contributed by atoms with Crippen molar-refractivity contribution in [1.82, 2.24) is 25.0 Å². The van der Waals surface area contributed by atoms with Crippen LogP contribution in [0.25, 0.3) is 0 Å². The number of hydrogen-bond donors (Lipinski definition) is 2. The Labute approximate surface area is 102 Å². The van der Waals surface area contributed by atoms with Gasteiger partial charge in [0.2, 0.25) is 10.0 Å². The van der Waals surface area contributed by atoms with Crippen molar-refractivity contribution in [1.29, 1.82) is 0 Å². The van der Waals surface area contributed by atoms with E-state index in [9.17, 15) is 8.42 Å². The van der Waals surface area contributed by atoms with E-state index in [1.54, 1.807) is 17.1 Å². The molecule has 0 fully saturated rings.